The predicted molar refractivity (Wildman–Crippen MR) is 153 cm³/mol. The molecular formula is C32H39F4N3O3. The minimum Gasteiger partial charge on any atom is -0.391 e. The molecule has 0 aliphatic heterocycles. The first kappa shape index (κ1) is 33.0. The third-order valence-corrected chi connectivity index (χ3v) is 7.61. The molecule has 0 radical (unpaired) electrons. The van der Waals surface area contributed by atoms with Crippen LogP contribution in [0, 0.1) is 17.2 Å². The Morgan fingerprint density at radius 2 is 1.74 bits per heavy atom. The van der Waals surface area contributed by atoms with Gasteiger partial charge in [0, 0.05) is 37.7 Å². The Kier molecular flexibility index (Phi) is 11.5. The van der Waals surface area contributed by atoms with Crippen molar-refractivity contribution in [3.8, 4) is 0 Å². The SMILES string of the molecule is CCCN(CCC)C(=O)C1([C@H](Cc2ccccc2)[C@@H](O)CNCc2ccc(C(F)(F)F)c(F)c2)C=CC=C(C(N)=O)C1. The molecule has 3 rings (SSSR count). The van der Waals surface area contributed by atoms with Gasteiger partial charge in [-0.1, -0.05) is 68.5 Å². The summed E-state index contributed by atoms with van der Waals surface area (Å²) < 4.78 is 53.0. The number of nitrogens with one attached hydrogen (secondary N) is 1. The molecule has 0 fully saturated rings. The first-order valence-corrected chi connectivity index (χ1v) is 14.2. The van der Waals surface area contributed by atoms with E-state index in [1.54, 1.807) is 23.1 Å². The Balaban J connectivity index is 1.95. The van der Waals surface area contributed by atoms with Crippen molar-refractivity contribution in [1.29, 1.82) is 0 Å². The number of primary amides is 1. The number of hydrogen-bond donors (Lipinski definition) is 3. The number of allylic oxidation sites excluding steroid dienone is 2. The van der Waals surface area contributed by atoms with Crippen molar-refractivity contribution >= 4 is 11.8 Å². The maximum absolute atomic E-state index is 14.4. The zero-order valence-electron chi connectivity index (χ0n) is 24.0. The van der Waals surface area contributed by atoms with Gasteiger partial charge in [-0.15, -0.1) is 0 Å². The predicted octanol–water partition coefficient (Wildman–Crippen LogP) is 5.16. The molecule has 1 aliphatic rings. The monoisotopic (exact) mass is 589 g/mol. The van der Waals surface area contributed by atoms with Crippen molar-refractivity contribution in [3.05, 3.63) is 94.8 Å². The van der Waals surface area contributed by atoms with Crippen LogP contribution in [0.5, 0.6) is 0 Å². The van der Waals surface area contributed by atoms with Gasteiger partial charge in [0.25, 0.3) is 0 Å². The average Bonchev–Trinajstić information content (AvgIpc) is 2.95. The number of alkyl halides is 3. The highest BCUT2D eigenvalue weighted by Gasteiger charge is 2.49. The van der Waals surface area contributed by atoms with Crippen LogP contribution < -0.4 is 11.1 Å². The molecule has 0 saturated carbocycles. The smallest absolute Gasteiger partial charge is 0.391 e. The van der Waals surface area contributed by atoms with Crippen LogP contribution in [0.15, 0.2) is 72.3 Å². The van der Waals surface area contributed by atoms with E-state index in [0.29, 0.717) is 25.6 Å². The molecule has 0 heterocycles. The molecule has 0 saturated heterocycles. The van der Waals surface area contributed by atoms with Gasteiger partial charge in [0.1, 0.15) is 5.82 Å². The van der Waals surface area contributed by atoms with Crippen LogP contribution in [0.25, 0.3) is 0 Å². The van der Waals surface area contributed by atoms with Crippen LogP contribution in [0.2, 0.25) is 0 Å². The number of nitrogens with zero attached hydrogens (tertiary/aromatic N) is 1. The third-order valence-electron chi connectivity index (χ3n) is 7.61. The Morgan fingerprint density at radius 3 is 2.31 bits per heavy atom. The molecule has 1 aliphatic carbocycles. The lowest BCUT2D eigenvalue weighted by Crippen LogP contribution is -2.54. The average molecular weight is 590 g/mol. The second kappa shape index (κ2) is 14.6. The van der Waals surface area contributed by atoms with Gasteiger partial charge in [0.2, 0.25) is 11.8 Å². The number of amides is 2. The summed E-state index contributed by atoms with van der Waals surface area (Å²) in [7, 11) is 0. The Labute approximate surface area is 244 Å². The molecule has 1 unspecified atom stereocenters. The summed E-state index contributed by atoms with van der Waals surface area (Å²) in [6, 6.07) is 12.0. The number of aliphatic hydroxyl groups is 1. The van der Waals surface area contributed by atoms with Gasteiger partial charge in [-0.2, -0.15) is 13.2 Å². The van der Waals surface area contributed by atoms with E-state index in [-0.39, 0.29) is 36.6 Å². The number of aliphatic hydroxyl groups excluding tert-OH is 1. The van der Waals surface area contributed by atoms with Crippen molar-refractivity contribution in [3.63, 3.8) is 0 Å². The summed E-state index contributed by atoms with van der Waals surface area (Å²) in [6.45, 7) is 4.90. The normalized spacial score (nSPS) is 18.3. The summed E-state index contributed by atoms with van der Waals surface area (Å²) in [5.74, 6) is -2.94. The summed E-state index contributed by atoms with van der Waals surface area (Å²) >= 11 is 0. The minimum atomic E-state index is -4.80. The molecule has 42 heavy (non-hydrogen) atoms. The standard InChI is InChI=1S/C32H39F4N3O3/c1-3-15-39(16-4-2)30(42)31(14-8-11-24(19-31)29(37)41)26(17-22-9-6-5-7-10-22)28(40)21-38-20-23-12-13-25(27(33)18-23)32(34,35)36/h5-14,18,26,28,38,40H,3-4,15-17,19-21H2,1-2H3,(H2,37,41)/t26-,28+,31?/m1/s1. The highest BCUT2D eigenvalue weighted by Crippen LogP contribution is 2.44. The van der Waals surface area contributed by atoms with Crippen LogP contribution in [0.1, 0.15) is 49.8 Å². The second-order valence-electron chi connectivity index (χ2n) is 10.7. The lowest BCUT2D eigenvalue weighted by molar-refractivity contribution is -0.145. The lowest BCUT2D eigenvalue weighted by atomic mass is 9.64. The van der Waals surface area contributed by atoms with Gasteiger partial charge < -0.3 is 21.1 Å². The topological polar surface area (TPSA) is 95.7 Å². The largest absolute Gasteiger partial charge is 0.419 e. The van der Waals surface area contributed by atoms with E-state index in [4.69, 9.17) is 5.73 Å². The van der Waals surface area contributed by atoms with Gasteiger partial charge >= 0.3 is 6.18 Å². The van der Waals surface area contributed by atoms with Crippen LogP contribution in [0.4, 0.5) is 17.6 Å². The van der Waals surface area contributed by atoms with Crippen LogP contribution in [0.3, 0.4) is 0 Å². The molecule has 3 atom stereocenters. The number of carbonyl (C=O) groups is 2. The van der Waals surface area contributed by atoms with E-state index >= 15 is 0 Å². The number of carbonyl (C=O) groups excluding carboxylic acids is 2. The van der Waals surface area contributed by atoms with Crippen molar-refractivity contribution in [2.75, 3.05) is 19.6 Å². The highest BCUT2D eigenvalue weighted by atomic mass is 19.4. The number of nitrogens with two attached hydrogens (primary N) is 1. The minimum absolute atomic E-state index is 0.00874. The molecule has 4 N–H and O–H groups in total. The summed E-state index contributed by atoms with van der Waals surface area (Å²) in [4.78, 5) is 28.4. The molecule has 0 bridgehead atoms. The second-order valence-corrected chi connectivity index (χ2v) is 10.7. The Bertz CT molecular complexity index is 1270. The van der Waals surface area contributed by atoms with Crippen molar-refractivity contribution in [2.24, 2.45) is 17.1 Å². The fraction of sp³-hybridized carbons (Fsp3) is 0.438. The molecule has 0 aromatic heterocycles. The Hall–Kier alpha value is -3.50. The van der Waals surface area contributed by atoms with Crippen molar-refractivity contribution < 1.29 is 32.3 Å². The van der Waals surface area contributed by atoms with Crippen LogP contribution in [-0.2, 0) is 28.7 Å². The number of rotatable bonds is 14. The van der Waals surface area contributed by atoms with Crippen LogP contribution >= 0.6 is 0 Å². The van der Waals surface area contributed by atoms with E-state index in [2.05, 4.69) is 5.32 Å². The molecule has 10 heteroatoms. The number of hydrogen-bond acceptors (Lipinski definition) is 4. The maximum atomic E-state index is 14.4. The van der Waals surface area contributed by atoms with E-state index in [1.807, 2.05) is 44.2 Å². The zero-order valence-corrected chi connectivity index (χ0v) is 24.0. The van der Waals surface area contributed by atoms with Gasteiger partial charge in [-0.25, -0.2) is 4.39 Å². The zero-order chi connectivity index (χ0) is 30.9. The number of halogens is 4. The van der Waals surface area contributed by atoms with Crippen LogP contribution in [-0.4, -0.2) is 47.6 Å². The molecule has 2 aromatic carbocycles. The lowest BCUT2D eigenvalue weighted by Gasteiger charge is -2.44. The molecule has 2 aromatic rings. The third kappa shape index (κ3) is 8.07. The van der Waals surface area contributed by atoms with E-state index in [1.165, 1.54) is 6.07 Å². The van der Waals surface area contributed by atoms with E-state index in [0.717, 1.165) is 24.5 Å². The quantitative estimate of drug-likeness (QED) is 0.265. The number of benzene rings is 2. The summed E-state index contributed by atoms with van der Waals surface area (Å²) in [5.41, 5.74) is 4.45. The van der Waals surface area contributed by atoms with E-state index in [9.17, 15) is 32.3 Å². The van der Waals surface area contributed by atoms with Gasteiger partial charge in [0.05, 0.1) is 17.1 Å². The molecular weight excluding hydrogens is 550 g/mol. The fourth-order valence-electron chi connectivity index (χ4n) is 5.58. The van der Waals surface area contributed by atoms with Gasteiger partial charge in [0.15, 0.2) is 0 Å². The van der Waals surface area contributed by atoms with E-state index < -0.39 is 40.9 Å². The molecule has 6 nitrogen and oxygen atoms in total. The molecule has 0 spiro atoms. The van der Waals surface area contributed by atoms with Gasteiger partial charge in [-0.3, -0.25) is 9.59 Å². The maximum Gasteiger partial charge on any atom is 0.419 e. The first-order chi connectivity index (χ1) is 19.9. The summed E-state index contributed by atoms with van der Waals surface area (Å²) in [6.07, 6.45) is 0.808. The van der Waals surface area contributed by atoms with Crippen molar-refractivity contribution in [2.45, 2.75) is 58.4 Å². The molecule has 2 amide bonds. The first-order valence-electron chi connectivity index (χ1n) is 14.2. The van der Waals surface area contributed by atoms with Crippen molar-refractivity contribution in [1.82, 2.24) is 10.2 Å². The fourth-order valence-corrected chi connectivity index (χ4v) is 5.58. The highest BCUT2D eigenvalue weighted by molar-refractivity contribution is 5.95. The van der Waals surface area contributed by atoms with Gasteiger partial charge in [-0.05, 0) is 48.9 Å². The summed E-state index contributed by atoms with van der Waals surface area (Å²) in [5, 5.41) is 14.7. The molecule has 228 valence electrons. The Morgan fingerprint density at radius 1 is 1.07 bits per heavy atom.